The van der Waals surface area contributed by atoms with Crippen molar-refractivity contribution in [1.29, 1.82) is 0 Å². The number of pyridine rings is 1. The molecular formula is C26H34N4O2. The average molecular weight is 435 g/mol. The molecule has 32 heavy (non-hydrogen) atoms. The van der Waals surface area contributed by atoms with E-state index in [1.54, 1.807) is 12.4 Å². The molecule has 2 fully saturated rings. The highest BCUT2D eigenvalue weighted by molar-refractivity contribution is 5.94. The maximum atomic E-state index is 13.3. The number of hydrogen-bond acceptors (Lipinski definition) is 4. The quantitative estimate of drug-likeness (QED) is 0.726. The van der Waals surface area contributed by atoms with Crippen LogP contribution in [-0.2, 0) is 17.8 Å². The Labute approximate surface area is 191 Å². The standard InChI is InChI=1S/C26H34N4O2/c1-2-20-7-9-23(10-8-20)26(32)30-17-15-29(16-18-30)24(22-5-3-4-6-22)25(31)28-19-21-11-13-27-14-12-21/h7-14,22,24H,2-6,15-19H2,1H3,(H,28,31). The number of amides is 2. The van der Waals surface area contributed by atoms with E-state index in [1.165, 1.54) is 18.4 Å². The summed E-state index contributed by atoms with van der Waals surface area (Å²) in [5, 5.41) is 3.15. The Morgan fingerprint density at radius 3 is 2.25 bits per heavy atom. The molecule has 0 spiro atoms. The lowest BCUT2D eigenvalue weighted by molar-refractivity contribution is -0.129. The lowest BCUT2D eigenvalue weighted by Gasteiger charge is -2.40. The fourth-order valence-electron chi connectivity index (χ4n) is 5.01. The largest absolute Gasteiger partial charge is 0.351 e. The first-order valence-corrected chi connectivity index (χ1v) is 11.9. The number of benzene rings is 1. The normalized spacial score (nSPS) is 18.5. The van der Waals surface area contributed by atoms with Gasteiger partial charge in [0, 0.05) is 50.7 Å². The predicted molar refractivity (Wildman–Crippen MR) is 125 cm³/mol. The van der Waals surface area contributed by atoms with Crippen LogP contribution in [0.15, 0.2) is 48.8 Å². The number of nitrogens with zero attached hydrogens (tertiary/aromatic N) is 3. The first-order chi connectivity index (χ1) is 15.7. The van der Waals surface area contributed by atoms with E-state index in [0.717, 1.165) is 43.5 Å². The van der Waals surface area contributed by atoms with Crippen molar-refractivity contribution in [3.8, 4) is 0 Å². The van der Waals surface area contributed by atoms with Crippen molar-refractivity contribution in [3.05, 3.63) is 65.5 Å². The number of carbonyl (C=O) groups is 2. The van der Waals surface area contributed by atoms with Gasteiger partial charge in [0.1, 0.15) is 0 Å². The average Bonchev–Trinajstić information content (AvgIpc) is 3.38. The van der Waals surface area contributed by atoms with Gasteiger partial charge in [-0.3, -0.25) is 19.5 Å². The number of rotatable bonds is 7. The summed E-state index contributed by atoms with van der Waals surface area (Å²) in [5.41, 5.74) is 3.05. The summed E-state index contributed by atoms with van der Waals surface area (Å²) < 4.78 is 0. The van der Waals surface area contributed by atoms with Crippen molar-refractivity contribution in [3.63, 3.8) is 0 Å². The van der Waals surface area contributed by atoms with E-state index in [0.29, 0.717) is 25.6 Å². The first-order valence-electron chi connectivity index (χ1n) is 11.9. The highest BCUT2D eigenvalue weighted by Gasteiger charge is 2.37. The third-order valence-corrected chi connectivity index (χ3v) is 6.94. The molecule has 1 aliphatic heterocycles. The molecule has 1 unspecified atom stereocenters. The fourth-order valence-corrected chi connectivity index (χ4v) is 5.01. The summed E-state index contributed by atoms with van der Waals surface area (Å²) >= 11 is 0. The summed E-state index contributed by atoms with van der Waals surface area (Å²) in [6, 6.07) is 11.7. The van der Waals surface area contributed by atoms with Crippen molar-refractivity contribution < 1.29 is 9.59 Å². The minimum Gasteiger partial charge on any atom is -0.351 e. The van der Waals surface area contributed by atoms with Gasteiger partial charge in [0.2, 0.25) is 5.91 Å². The molecule has 1 atom stereocenters. The van der Waals surface area contributed by atoms with Crippen LogP contribution in [-0.4, -0.2) is 58.8 Å². The number of aryl methyl sites for hydroxylation is 1. The highest BCUT2D eigenvalue weighted by atomic mass is 16.2. The van der Waals surface area contributed by atoms with E-state index in [-0.39, 0.29) is 17.9 Å². The molecular weight excluding hydrogens is 400 g/mol. The third-order valence-electron chi connectivity index (χ3n) is 6.94. The molecule has 1 saturated heterocycles. The molecule has 1 aromatic carbocycles. The van der Waals surface area contributed by atoms with E-state index in [2.05, 4.69) is 22.1 Å². The number of hydrogen-bond donors (Lipinski definition) is 1. The molecule has 2 aliphatic rings. The Morgan fingerprint density at radius 1 is 0.969 bits per heavy atom. The molecule has 0 radical (unpaired) electrons. The van der Waals surface area contributed by atoms with E-state index in [1.807, 2.05) is 41.3 Å². The van der Waals surface area contributed by atoms with Crippen molar-refractivity contribution in [1.82, 2.24) is 20.1 Å². The lowest BCUT2D eigenvalue weighted by atomic mass is 9.94. The summed E-state index contributed by atoms with van der Waals surface area (Å²) in [4.78, 5) is 34.5. The van der Waals surface area contributed by atoms with Crippen LogP contribution in [0.1, 0.15) is 54.1 Å². The number of piperazine rings is 1. The van der Waals surface area contributed by atoms with Crippen LogP contribution in [0.3, 0.4) is 0 Å². The van der Waals surface area contributed by atoms with Crippen LogP contribution < -0.4 is 5.32 Å². The second-order valence-corrected chi connectivity index (χ2v) is 8.94. The molecule has 1 saturated carbocycles. The lowest BCUT2D eigenvalue weighted by Crippen LogP contribution is -2.57. The van der Waals surface area contributed by atoms with Gasteiger partial charge >= 0.3 is 0 Å². The van der Waals surface area contributed by atoms with Gasteiger partial charge in [0.05, 0.1) is 6.04 Å². The smallest absolute Gasteiger partial charge is 0.253 e. The van der Waals surface area contributed by atoms with Gasteiger partial charge in [-0.25, -0.2) is 0 Å². The topological polar surface area (TPSA) is 65.5 Å². The minimum absolute atomic E-state index is 0.0897. The first kappa shape index (κ1) is 22.5. The SMILES string of the molecule is CCc1ccc(C(=O)N2CCN(C(C(=O)NCc3ccncc3)C3CCCC3)CC2)cc1. The minimum atomic E-state index is -0.111. The predicted octanol–water partition coefficient (Wildman–Crippen LogP) is 3.28. The maximum absolute atomic E-state index is 13.3. The molecule has 2 heterocycles. The van der Waals surface area contributed by atoms with Gasteiger partial charge in [-0.15, -0.1) is 0 Å². The molecule has 4 rings (SSSR count). The van der Waals surface area contributed by atoms with Gasteiger partial charge in [-0.05, 0) is 60.6 Å². The Bertz CT molecular complexity index is 886. The van der Waals surface area contributed by atoms with Crippen LogP contribution in [0.2, 0.25) is 0 Å². The van der Waals surface area contributed by atoms with Gasteiger partial charge in [0.25, 0.3) is 5.91 Å². The van der Waals surface area contributed by atoms with Gasteiger partial charge < -0.3 is 10.2 Å². The zero-order chi connectivity index (χ0) is 22.3. The summed E-state index contributed by atoms with van der Waals surface area (Å²) in [6.45, 7) is 5.44. The Balaban J connectivity index is 1.37. The Morgan fingerprint density at radius 2 is 1.62 bits per heavy atom. The number of nitrogens with one attached hydrogen (secondary N) is 1. The van der Waals surface area contributed by atoms with E-state index < -0.39 is 0 Å². The number of aromatic nitrogens is 1. The second kappa shape index (κ2) is 10.7. The Hall–Kier alpha value is -2.73. The van der Waals surface area contributed by atoms with Crippen LogP contribution in [0.4, 0.5) is 0 Å². The highest BCUT2D eigenvalue weighted by Crippen LogP contribution is 2.31. The molecule has 0 bridgehead atoms. The zero-order valence-electron chi connectivity index (χ0n) is 19.0. The fraction of sp³-hybridized carbons (Fsp3) is 0.500. The molecule has 6 nitrogen and oxygen atoms in total. The van der Waals surface area contributed by atoms with Crippen LogP contribution >= 0.6 is 0 Å². The van der Waals surface area contributed by atoms with Gasteiger partial charge in [-0.2, -0.15) is 0 Å². The summed E-state index contributed by atoms with van der Waals surface area (Å²) in [6.07, 6.45) is 9.09. The molecule has 170 valence electrons. The van der Waals surface area contributed by atoms with Crippen molar-refractivity contribution >= 4 is 11.8 Å². The molecule has 1 N–H and O–H groups in total. The van der Waals surface area contributed by atoms with E-state index in [9.17, 15) is 9.59 Å². The second-order valence-electron chi connectivity index (χ2n) is 8.94. The molecule has 6 heteroatoms. The van der Waals surface area contributed by atoms with E-state index >= 15 is 0 Å². The maximum Gasteiger partial charge on any atom is 0.253 e. The van der Waals surface area contributed by atoms with Gasteiger partial charge in [-0.1, -0.05) is 31.9 Å². The molecule has 2 aromatic rings. The molecule has 2 amide bonds. The summed E-state index contributed by atoms with van der Waals surface area (Å²) in [7, 11) is 0. The van der Waals surface area contributed by atoms with Crippen molar-refractivity contribution in [2.45, 2.75) is 51.6 Å². The Kier molecular flexibility index (Phi) is 7.53. The van der Waals surface area contributed by atoms with E-state index in [4.69, 9.17) is 0 Å². The molecule has 1 aromatic heterocycles. The van der Waals surface area contributed by atoms with Crippen LogP contribution in [0.5, 0.6) is 0 Å². The number of carbonyl (C=O) groups excluding carboxylic acids is 2. The van der Waals surface area contributed by atoms with Crippen LogP contribution in [0.25, 0.3) is 0 Å². The van der Waals surface area contributed by atoms with Crippen LogP contribution in [0, 0.1) is 5.92 Å². The third kappa shape index (κ3) is 5.36. The molecule has 1 aliphatic carbocycles. The summed E-state index contributed by atoms with van der Waals surface area (Å²) in [5.74, 6) is 0.604. The van der Waals surface area contributed by atoms with Crippen molar-refractivity contribution in [2.24, 2.45) is 5.92 Å². The van der Waals surface area contributed by atoms with Gasteiger partial charge in [0.15, 0.2) is 0 Å². The zero-order valence-corrected chi connectivity index (χ0v) is 19.0. The monoisotopic (exact) mass is 434 g/mol. The van der Waals surface area contributed by atoms with Crippen molar-refractivity contribution in [2.75, 3.05) is 26.2 Å².